The van der Waals surface area contributed by atoms with Crippen LogP contribution in [0, 0.1) is 0 Å². The molecule has 3 rings (SSSR count). The fourth-order valence-electron chi connectivity index (χ4n) is 2.28. The molecule has 0 saturated carbocycles. The average molecular weight is 307 g/mol. The lowest BCUT2D eigenvalue weighted by Gasteiger charge is -2.13. The molecule has 5 heteroatoms. The van der Waals surface area contributed by atoms with Crippen molar-refractivity contribution in [3.05, 3.63) is 72.1 Å². The maximum Gasteiger partial charge on any atom is 0.257 e. The molecule has 1 amide bonds. The molecule has 1 aromatic heterocycles. The quantitative estimate of drug-likeness (QED) is 0.786. The Morgan fingerprint density at radius 1 is 1.09 bits per heavy atom. The van der Waals surface area contributed by atoms with Crippen molar-refractivity contribution in [2.24, 2.45) is 0 Å². The Kier molecular flexibility index (Phi) is 4.47. The molecular weight excluding hydrogens is 290 g/mol. The van der Waals surface area contributed by atoms with Gasteiger partial charge in [0.25, 0.3) is 5.89 Å². The monoisotopic (exact) mass is 307 g/mol. The highest BCUT2D eigenvalue weighted by molar-refractivity contribution is 5.78. The van der Waals surface area contributed by atoms with Gasteiger partial charge in [-0.2, -0.15) is 4.98 Å². The maximum absolute atomic E-state index is 12.1. The van der Waals surface area contributed by atoms with Crippen molar-refractivity contribution in [1.82, 2.24) is 15.5 Å². The van der Waals surface area contributed by atoms with Crippen LogP contribution in [0.25, 0.3) is 11.5 Å². The molecule has 3 aromatic rings. The van der Waals surface area contributed by atoms with Gasteiger partial charge in [-0.15, -0.1) is 0 Å². The van der Waals surface area contributed by atoms with E-state index in [1.54, 1.807) is 0 Å². The predicted octanol–water partition coefficient (Wildman–Crippen LogP) is 3.16. The highest BCUT2D eigenvalue weighted by Crippen LogP contribution is 2.16. The molecule has 0 aliphatic rings. The van der Waals surface area contributed by atoms with Gasteiger partial charge in [-0.1, -0.05) is 53.7 Å². The van der Waals surface area contributed by atoms with Gasteiger partial charge in [0, 0.05) is 5.56 Å². The fourth-order valence-corrected chi connectivity index (χ4v) is 2.28. The van der Waals surface area contributed by atoms with E-state index in [4.69, 9.17) is 4.52 Å². The third kappa shape index (κ3) is 3.83. The number of rotatable bonds is 5. The van der Waals surface area contributed by atoms with Crippen molar-refractivity contribution in [3.8, 4) is 11.5 Å². The molecule has 0 fully saturated rings. The van der Waals surface area contributed by atoms with Crippen LogP contribution in [0.3, 0.4) is 0 Å². The summed E-state index contributed by atoms with van der Waals surface area (Å²) in [7, 11) is 0. The van der Waals surface area contributed by atoms with Crippen molar-refractivity contribution >= 4 is 5.91 Å². The van der Waals surface area contributed by atoms with E-state index in [1.807, 2.05) is 67.6 Å². The molecule has 0 spiro atoms. The Bertz CT molecular complexity index is 769. The summed E-state index contributed by atoms with van der Waals surface area (Å²) in [5, 5.41) is 6.80. The van der Waals surface area contributed by atoms with E-state index >= 15 is 0 Å². The Labute approximate surface area is 134 Å². The van der Waals surface area contributed by atoms with Crippen LogP contribution in [0.1, 0.15) is 24.4 Å². The van der Waals surface area contributed by atoms with Gasteiger partial charge in [-0.25, -0.2) is 0 Å². The molecule has 0 aliphatic heterocycles. The SMILES string of the molecule is CC(NC(=O)Cc1noc(-c2ccccc2)n1)c1ccccc1. The molecule has 1 unspecified atom stereocenters. The highest BCUT2D eigenvalue weighted by atomic mass is 16.5. The number of hydrogen-bond acceptors (Lipinski definition) is 4. The molecular formula is C18H17N3O2. The topological polar surface area (TPSA) is 68.0 Å². The van der Waals surface area contributed by atoms with Crippen molar-refractivity contribution < 1.29 is 9.32 Å². The molecule has 0 aliphatic carbocycles. The normalized spacial score (nSPS) is 11.9. The third-order valence-electron chi connectivity index (χ3n) is 3.48. The second kappa shape index (κ2) is 6.87. The largest absolute Gasteiger partial charge is 0.349 e. The number of carbonyl (C=O) groups excluding carboxylic acids is 1. The summed E-state index contributed by atoms with van der Waals surface area (Å²) in [5.74, 6) is 0.660. The minimum Gasteiger partial charge on any atom is -0.349 e. The van der Waals surface area contributed by atoms with Gasteiger partial charge < -0.3 is 9.84 Å². The Hall–Kier alpha value is -2.95. The van der Waals surface area contributed by atoms with Crippen LogP contribution in [0.2, 0.25) is 0 Å². The van der Waals surface area contributed by atoms with Crippen LogP contribution in [0.4, 0.5) is 0 Å². The zero-order valence-corrected chi connectivity index (χ0v) is 12.8. The first kappa shape index (κ1) is 15.0. The lowest BCUT2D eigenvalue weighted by atomic mass is 10.1. The number of benzene rings is 2. The summed E-state index contributed by atoms with van der Waals surface area (Å²) >= 11 is 0. The van der Waals surface area contributed by atoms with Gasteiger partial charge in [0.1, 0.15) is 0 Å². The van der Waals surface area contributed by atoms with Gasteiger partial charge in [0.2, 0.25) is 5.91 Å². The van der Waals surface area contributed by atoms with Gasteiger partial charge in [-0.05, 0) is 24.6 Å². The summed E-state index contributed by atoms with van der Waals surface area (Å²) < 4.78 is 5.20. The van der Waals surface area contributed by atoms with Gasteiger partial charge in [-0.3, -0.25) is 4.79 Å². The number of amides is 1. The third-order valence-corrected chi connectivity index (χ3v) is 3.48. The summed E-state index contributed by atoms with van der Waals surface area (Å²) in [5.41, 5.74) is 1.89. The summed E-state index contributed by atoms with van der Waals surface area (Å²) in [4.78, 5) is 16.4. The second-order valence-electron chi connectivity index (χ2n) is 5.26. The zero-order chi connectivity index (χ0) is 16.1. The van der Waals surface area contributed by atoms with E-state index in [9.17, 15) is 4.79 Å². The fraction of sp³-hybridized carbons (Fsp3) is 0.167. The maximum atomic E-state index is 12.1. The smallest absolute Gasteiger partial charge is 0.257 e. The summed E-state index contributed by atoms with van der Waals surface area (Å²) in [6, 6.07) is 19.2. The number of nitrogens with zero attached hydrogens (tertiary/aromatic N) is 2. The van der Waals surface area contributed by atoms with Crippen LogP contribution in [0.5, 0.6) is 0 Å². The van der Waals surface area contributed by atoms with Gasteiger partial charge in [0.15, 0.2) is 5.82 Å². The van der Waals surface area contributed by atoms with Gasteiger partial charge in [0.05, 0.1) is 12.5 Å². The number of hydrogen-bond donors (Lipinski definition) is 1. The molecule has 0 saturated heterocycles. The number of nitrogens with one attached hydrogen (secondary N) is 1. The zero-order valence-electron chi connectivity index (χ0n) is 12.8. The molecule has 23 heavy (non-hydrogen) atoms. The van der Waals surface area contributed by atoms with Crippen LogP contribution >= 0.6 is 0 Å². The standard InChI is InChI=1S/C18H17N3O2/c1-13(14-8-4-2-5-9-14)19-17(22)12-16-20-18(23-21-16)15-10-6-3-7-11-15/h2-11,13H,12H2,1H3,(H,19,22). The molecule has 0 radical (unpaired) electrons. The molecule has 116 valence electrons. The first-order chi connectivity index (χ1) is 11.2. The van der Waals surface area contributed by atoms with Crippen LogP contribution in [-0.4, -0.2) is 16.0 Å². The molecule has 5 nitrogen and oxygen atoms in total. The Morgan fingerprint density at radius 2 is 1.74 bits per heavy atom. The van der Waals surface area contributed by atoms with E-state index in [0.717, 1.165) is 11.1 Å². The molecule has 0 bridgehead atoms. The summed E-state index contributed by atoms with van der Waals surface area (Å²) in [6.07, 6.45) is 0.0908. The molecule has 2 aromatic carbocycles. The number of carbonyl (C=O) groups is 1. The van der Waals surface area contributed by atoms with Crippen molar-refractivity contribution in [1.29, 1.82) is 0 Å². The minimum atomic E-state index is -0.137. The lowest BCUT2D eigenvalue weighted by molar-refractivity contribution is -0.121. The van der Waals surface area contributed by atoms with E-state index in [2.05, 4.69) is 15.5 Å². The first-order valence-electron chi connectivity index (χ1n) is 7.44. The lowest BCUT2D eigenvalue weighted by Crippen LogP contribution is -2.28. The predicted molar refractivity (Wildman–Crippen MR) is 86.4 cm³/mol. The molecule has 1 heterocycles. The Balaban J connectivity index is 1.61. The molecule has 1 atom stereocenters. The Morgan fingerprint density at radius 3 is 2.43 bits per heavy atom. The van der Waals surface area contributed by atoms with Crippen LogP contribution in [-0.2, 0) is 11.2 Å². The van der Waals surface area contributed by atoms with E-state index in [-0.39, 0.29) is 18.4 Å². The number of aromatic nitrogens is 2. The molecule has 1 N–H and O–H groups in total. The van der Waals surface area contributed by atoms with E-state index in [1.165, 1.54) is 0 Å². The van der Waals surface area contributed by atoms with E-state index < -0.39 is 0 Å². The second-order valence-corrected chi connectivity index (χ2v) is 5.26. The van der Waals surface area contributed by atoms with Crippen molar-refractivity contribution in [2.45, 2.75) is 19.4 Å². The van der Waals surface area contributed by atoms with E-state index in [0.29, 0.717) is 11.7 Å². The van der Waals surface area contributed by atoms with Gasteiger partial charge >= 0.3 is 0 Å². The summed E-state index contributed by atoms with van der Waals surface area (Å²) in [6.45, 7) is 1.94. The average Bonchev–Trinajstić information content (AvgIpc) is 3.04. The van der Waals surface area contributed by atoms with Crippen molar-refractivity contribution in [2.75, 3.05) is 0 Å². The first-order valence-corrected chi connectivity index (χ1v) is 7.44. The minimum absolute atomic E-state index is 0.0656. The highest BCUT2D eigenvalue weighted by Gasteiger charge is 2.14. The van der Waals surface area contributed by atoms with Crippen molar-refractivity contribution in [3.63, 3.8) is 0 Å². The van der Waals surface area contributed by atoms with Crippen LogP contribution in [0.15, 0.2) is 65.2 Å². The van der Waals surface area contributed by atoms with Crippen LogP contribution < -0.4 is 5.32 Å².